The summed E-state index contributed by atoms with van der Waals surface area (Å²) in [5, 5.41) is 49.5. The highest BCUT2D eigenvalue weighted by atomic mass is 16.5. The Balaban J connectivity index is 1.37. The zero-order chi connectivity index (χ0) is 34.9. The van der Waals surface area contributed by atoms with Crippen LogP contribution < -0.4 is 30.2 Å². The highest BCUT2D eigenvalue weighted by molar-refractivity contribution is 6.59. The van der Waals surface area contributed by atoms with Crippen LogP contribution in [0.5, 0.6) is 17.2 Å². The third-order valence-corrected chi connectivity index (χ3v) is 10.3. The van der Waals surface area contributed by atoms with Crippen molar-refractivity contribution in [3.05, 3.63) is 77.9 Å². The molecule has 0 spiro atoms. The van der Waals surface area contributed by atoms with Crippen LogP contribution in [0.25, 0.3) is 0 Å². The predicted molar refractivity (Wildman–Crippen MR) is 176 cm³/mol. The lowest BCUT2D eigenvalue weighted by Crippen LogP contribution is -2.43. The maximum atomic E-state index is 14.5. The molecule has 3 fully saturated rings. The summed E-state index contributed by atoms with van der Waals surface area (Å²) < 4.78 is 11.4. The molecule has 0 unspecified atom stereocenters. The first kappa shape index (κ1) is 32.6. The summed E-state index contributed by atoms with van der Waals surface area (Å²) in [6.07, 6.45) is 2.09. The number of rotatable bonds is 7. The maximum Gasteiger partial charge on any atom is 0.488 e. The minimum absolute atomic E-state index is 0.0719. The molecular formula is C34H32B2N2O11. The van der Waals surface area contributed by atoms with Gasteiger partial charge in [-0.2, -0.15) is 0 Å². The molecule has 1 saturated carbocycles. The summed E-state index contributed by atoms with van der Waals surface area (Å²) in [5.41, 5.74) is 1.58. The van der Waals surface area contributed by atoms with Crippen molar-refractivity contribution in [2.45, 2.75) is 18.8 Å². The van der Waals surface area contributed by atoms with Gasteiger partial charge in [0.15, 0.2) is 0 Å². The van der Waals surface area contributed by atoms with E-state index in [0.717, 1.165) is 9.80 Å². The van der Waals surface area contributed by atoms with Gasteiger partial charge in [0.1, 0.15) is 17.2 Å². The third-order valence-electron chi connectivity index (χ3n) is 10.3. The number of imide groups is 2. The van der Waals surface area contributed by atoms with Crippen molar-refractivity contribution in [3.63, 3.8) is 0 Å². The molecule has 2 saturated heterocycles. The molecule has 2 heterocycles. The number of methoxy groups -OCH3 is 2. The van der Waals surface area contributed by atoms with Gasteiger partial charge in [0, 0.05) is 23.6 Å². The van der Waals surface area contributed by atoms with Crippen LogP contribution in [0.2, 0.25) is 0 Å². The smallest absolute Gasteiger partial charge is 0.488 e. The van der Waals surface area contributed by atoms with Gasteiger partial charge in [-0.3, -0.25) is 29.0 Å². The summed E-state index contributed by atoms with van der Waals surface area (Å²) in [7, 11) is -0.859. The fourth-order valence-electron chi connectivity index (χ4n) is 8.30. The molecule has 0 bridgehead atoms. The van der Waals surface area contributed by atoms with E-state index in [1.54, 1.807) is 0 Å². The molecule has 0 aromatic heterocycles. The number of hydrogen-bond acceptors (Lipinski definition) is 11. The molecule has 7 rings (SSSR count). The van der Waals surface area contributed by atoms with E-state index < -0.39 is 73.4 Å². The van der Waals surface area contributed by atoms with Crippen molar-refractivity contribution in [2.24, 2.45) is 29.6 Å². The van der Waals surface area contributed by atoms with Gasteiger partial charge in [0.05, 0.1) is 49.3 Å². The van der Waals surface area contributed by atoms with Crippen LogP contribution >= 0.6 is 0 Å². The number of carbonyl (C=O) groups is 4. The second-order valence-corrected chi connectivity index (χ2v) is 12.7. The highest BCUT2D eigenvalue weighted by Gasteiger charge is 2.63. The van der Waals surface area contributed by atoms with E-state index in [4.69, 9.17) is 9.47 Å². The first-order valence-corrected chi connectivity index (χ1v) is 15.8. The number of amides is 4. The Kier molecular flexibility index (Phi) is 8.10. The van der Waals surface area contributed by atoms with E-state index in [1.165, 1.54) is 74.9 Å². The van der Waals surface area contributed by atoms with Crippen molar-refractivity contribution in [1.29, 1.82) is 0 Å². The Morgan fingerprint density at radius 3 is 1.69 bits per heavy atom. The van der Waals surface area contributed by atoms with Gasteiger partial charge < -0.3 is 34.7 Å². The molecule has 2 aliphatic heterocycles. The summed E-state index contributed by atoms with van der Waals surface area (Å²) in [4.78, 5) is 59.1. The van der Waals surface area contributed by atoms with Gasteiger partial charge in [-0.05, 0) is 54.0 Å². The van der Waals surface area contributed by atoms with Crippen molar-refractivity contribution >= 4 is 60.2 Å². The van der Waals surface area contributed by atoms with E-state index in [9.17, 15) is 44.4 Å². The molecule has 13 nitrogen and oxygen atoms in total. The molecule has 0 radical (unpaired) electrons. The lowest BCUT2D eigenvalue weighted by molar-refractivity contribution is -0.126. The van der Waals surface area contributed by atoms with Crippen molar-refractivity contribution in [3.8, 4) is 17.2 Å². The van der Waals surface area contributed by atoms with E-state index >= 15 is 0 Å². The topological polar surface area (TPSA) is 194 Å². The Morgan fingerprint density at radius 2 is 1.18 bits per heavy atom. The van der Waals surface area contributed by atoms with Gasteiger partial charge in [-0.1, -0.05) is 35.9 Å². The monoisotopic (exact) mass is 666 g/mol. The van der Waals surface area contributed by atoms with Crippen molar-refractivity contribution < 1.29 is 53.9 Å². The first-order chi connectivity index (χ1) is 23.5. The number of ether oxygens (including phenoxy) is 2. The Hall–Kier alpha value is -4.95. The molecular weight excluding hydrogens is 634 g/mol. The highest BCUT2D eigenvalue weighted by Crippen LogP contribution is 2.60. The Labute approximate surface area is 281 Å². The molecule has 3 aromatic carbocycles. The number of phenols is 1. The fraction of sp³-hybridized carbons (Fsp3) is 0.294. The summed E-state index contributed by atoms with van der Waals surface area (Å²) in [6.45, 7) is 0. The lowest BCUT2D eigenvalue weighted by Gasteiger charge is -2.44. The molecule has 4 amide bonds. The number of hydrogen-bond donors (Lipinski definition) is 5. The molecule has 250 valence electrons. The van der Waals surface area contributed by atoms with Crippen LogP contribution in [0.15, 0.2) is 72.3 Å². The molecule has 3 aromatic rings. The first-order valence-electron chi connectivity index (χ1n) is 15.8. The van der Waals surface area contributed by atoms with Gasteiger partial charge in [-0.15, -0.1) is 0 Å². The van der Waals surface area contributed by atoms with Gasteiger partial charge in [-0.25, -0.2) is 0 Å². The minimum atomic E-state index is -1.84. The van der Waals surface area contributed by atoms with Gasteiger partial charge in [0.2, 0.25) is 23.6 Å². The molecule has 49 heavy (non-hydrogen) atoms. The van der Waals surface area contributed by atoms with Crippen LogP contribution in [-0.2, 0) is 19.2 Å². The van der Waals surface area contributed by atoms with Crippen LogP contribution in [0.3, 0.4) is 0 Å². The van der Waals surface area contributed by atoms with Crippen molar-refractivity contribution in [2.75, 3.05) is 24.0 Å². The van der Waals surface area contributed by atoms with Crippen molar-refractivity contribution in [1.82, 2.24) is 0 Å². The van der Waals surface area contributed by atoms with Crippen LogP contribution in [0.4, 0.5) is 11.4 Å². The second-order valence-electron chi connectivity index (χ2n) is 12.7. The lowest BCUT2D eigenvalue weighted by atomic mass is 9.57. The fourth-order valence-corrected chi connectivity index (χ4v) is 8.30. The third kappa shape index (κ3) is 5.03. The largest absolute Gasteiger partial charge is 0.508 e. The minimum Gasteiger partial charge on any atom is -0.508 e. The van der Waals surface area contributed by atoms with Crippen LogP contribution in [0, 0.1) is 29.6 Å². The average molecular weight is 666 g/mol. The predicted octanol–water partition coefficient (Wildman–Crippen LogP) is -0.186. The van der Waals surface area contributed by atoms with E-state index in [1.807, 2.05) is 6.08 Å². The number of aromatic hydroxyl groups is 1. The van der Waals surface area contributed by atoms with E-state index in [-0.39, 0.29) is 52.4 Å². The summed E-state index contributed by atoms with van der Waals surface area (Å²) in [6, 6.07) is 14.5. The number of fused-ring (bicyclic) bond motifs is 4. The van der Waals surface area contributed by atoms with E-state index in [2.05, 4.69) is 0 Å². The summed E-state index contributed by atoms with van der Waals surface area (Å²) >= 11 is 0. The normalized spacial score (nSPS) is 25.9. The van der Waals surface area contributed by atoms with Gasteiger partial charge >= 0.3 is 14.2 Å². The second kappa shape index (κ2) is 12.2. The number of allylic oxidation sites excluding steroid dienone is 2. The zero-order valence-electron chi connectivity index (χ0n) is 26.5. The zero-order valence-corrected chi connectivity index (χ0v) is 26.5. The molecule has 2 aliphatic carbocycles. The number of benzene rings is 3. The maximum absolute atomic E-state index is 14.5. The van der Waals surface area contributed by atoms with Crippen LogP contribution in [0.1, 0.15) is 24.3 Å². The van der Waals surface area contributed by atoms with E-state index in [0.29, 0.717) is 11.1 Å². The summed E-state index contributed by atoms with van der Waals surface area (Å²) in [5.74, 6) is -6.94. The Bertz CT molecular complexity index is 1910. The molecule has 4 aliphatic rings. The van der Waals surface area contributed by atoms with Crippen LogP contribution in [-0.4, -0.2) is 77.3 Å². The number of anilines is 2. The SMILES string of the molecule is COc1cc(O)cc(OC)c1[C@H]1C2=CC[C@@H]3C(=O)N(c4cccc(B(O)O)c4)C(=O)[C@@H]3[C@@H]2C[C@H]2C(=O)N(c3cccc(B(O)O)c3)C(=O)[C@@H]12. The molecule has 6 atom stereocenters. The number of nitrogens with zero attached hydrogens (tertiary/aromatic N) is 2. The standard InChI is InChI=1S/C34H32B2N2O11/c1-48-25-13-20(39)14-26(49-2)30(25)28-21-9-10-22-27(33(42)37(31(22)40)18-7-3-5-16(11-18)35(44)45)23(21)15-24-29(28)34(43)38(32(24)41)19-8-4-6-17(12-19)36(46)47/h3-9,11-14,22-24,27-29,39,44-47H,10,15H2,1-2H3/t22-,23+,24+,27-,28-,29+/m0/s1. The molecule has 15 heteroatoms. The average Bonchev–Trinajstić information content (AvgIpc) is 3.50. The molecule has 5 N–H and O–H groups in total. The number of phenolic OH excluding ortho intramolecular Hbond substituents is 1. The Morgan fingerprint density at radius 1 is 0.673 bits per heavy atom. The quantitative estimate of drug-likeness (QED) is 0.128. The van der Waals surface area contributed by atoms with Gasteiger partial charge in [0.25, 0.3) is 0 Å². The number of carbonyl (C=O) groups excluding carboxylic acids is 4.